The molecule has 0 aromatic carbocycles. The van der Waals surface area contributed by atoms with Crippen LogP contribution in [-0.4, -0.2) is 36.6 Å². The van der Waals surface area contributed by atoms with Crippen LogP contribution in [0.1, 0.15) is 24.9 Å². The van der Waals surface area contributed by atoms with Gasteiger partial charge >= 0.3 is 5.97 Å². The molecule has 2 aromatic heterocycles. The van der Waals surface area contributed by atoms with Gasteiger partial charge in [-0.25, -0.2) is 0 Å². The van der Waals surface area contributed by atoms with Crippen LogP contribution in [0.25, 0.3) is 0 Å². The molecule has 0 bridgehead atoms. The number of pyridine rings is 1. The van der Waals surface area contributed by atoms with Crippen molar-refractivity contribution in [2.45, 2.75) is 31.5 Å². The van der Waals surface area contributed by atoms with Gasteiger partial charge in [0.15, 0.2) is 5.16 Å². The summed E-state index contributed by atoms with van der Waals surface area (Å²) in [6.07, 6.45) is 3.51. The van der Waals surface area contributed by atoms with Gasteiger partial charge in [-0.3, -0.25) is 14.3 Å². The van der Waals surface area contributed by atoms with Crippen LogP contribution in [0.5, 0.6) is 0 Å². The average Bonchev–Trinajstić information content (AvgIpc) is 2.81. The van der Waals surface area contributed by atoms with E-state index < -0.39 is 5.97 Å². The van der Waals surface area contributed by atoms with E-state index in [1.54, 1.807) is 6.20 Å². The highest BCUT2D eigenvalue weighted by Crippen LogP contribution is 2.18. The Labute approximate surface area is 121 Å². The van der Waals surface area contributed by atoms with Crippen molar-refractivity contribution in [1.82, 2.24) is 19.7 Å². The minimum atomic E-state index is -0.862. The van der Waals surface area contributed by atoms with Crippen molar-refractivity contribution in [3.8, 4) is 0 Å². The second kappa shape index (κ2) is 7.04. The first-order valence-electron chi connectivity index (χ1n) is 6.37. The molecule has 0 amide bonds. The van der Waals surface area contributed by atoms with E-state index in [0.717, 1.165) is 24.4 Å². The Morgan fingerprint density at radius 1 is 1.40 bits per heavy atom. The molecular weight excluding hydrogens is 276 g/mol. The number of aliphatic carboxylic acids is 1. The van der Waals surface area contributed by atoms with Crippen LogP contribution in [0.15, 0.2) is 29.6 Å². The first-order chi connectivity index (χ1) is 9.70. The van der Waals surface area contributed by atoms with E-state index in [1.807, 2.05) is 22.8 Å². The van der Waals surface area contributed by atoms with Gasteiger partial charge in [0.25, 0.3) is 0 Å². The molecule has 1 N–H and O–H groups in total. The number of hydrogen-bond donors (Lipinski definition) is 1. The number of carboxylic acid groups (broad SMARTS) is 1. The van der Waals surface area contributed by atoms with Gasteiger partial charge in [0, 0.05) is 12.6 Å². The molecule has 7 heteroatoms. The van der Waals surface area contributed by atoms with E-state index in [9.17, 15) is 4.79 Å². The van der Waals surface area contributed by atoms with Crippen molar-refractivity contribution in [2.75, 3.05) is 5.75 Å². The first-order valence-corrected chi connectivity index (χ1v) is 7.36. The lowest BCUT2D eigenvalue weighted by molar-refractivity contribution is -0.133. The maximum Gasteiger partial charge on any atom is 0.313 e. The van der Waals surface area contributed by atoms with Crippen molar-refractivity contribution < 1.29 is 9.90 Å². The Morgan fingerprint density at radius 3 is 2.90 bits per heavy atom. The molecule has 2 heterocycles. The number of aryl methyl sites for hydroxylation is 1. The monoisotopic (exact) mass is 292 g/mol. The Balaban J connectivity index is 2.22. The molecule has 0 aliphatic rings. The van der Waals surface area contributed by atoms with Crippen molar-refractivity contribution >= 4 is 17.7 Å². The highest BCUT2D eigenvalue weighted by atomic mass is 32.2. The molecule has 0 radical (unpaired) electrons. The molecule has 2 aromatic rings. The second-order valence-electron chi connectivity index (χ2n) is 4.24. The lowest BCUT2D eigenvalue weighted by Gasteiger charge is -2.08. The van der Waals surface area contributed by atoms with E-state index in [2.05, 4.69) is 22.1 Å². The van der Waals surface area contributed by atoms with Crippen LogP contribution >= 0.6 is 11.8 Å². The quantitative estimate of drug-likeness (QED) is 0.784. The topological polar surface area (TPSA) is 80.9 Å². The number of carbonyl (C=O) groups is 1. The third-order valence-corrected chi connectivity index (χ3v) is 3.59. The van der Waals surface area contributed by atoms with E-state index in [1.165, 1.54) is 11.8 Å². The number of rotatable bonds is 7. The Morgan fingerprint density at radius 2 is 2.25 bits per heavy atom. The number of carboxylic acids is 1. The van der Waals surface area contributed by atoms with E-state index in [0.29, 0.717) is 11.7 Å². The van der Waals surface area contributed by atoms with Crippen molar-refractivity contribution in [1.29, 1.82) is 0 Å². The van der Waals surface area contributed by atoms with Gasteiger partial charge in [0.05, 0.1) is 18.0 Å². The highest BCUT2D eigenvalue weighted by Gasteiger charge is 2.14. The maximum atomic E-state index is 10.7. The fraction of sp³-hybridized carbons (Fsp3) is 0.385. The largest absolute Gasteiger partial charge is 0.481 e. The Hall–Kier alpha value is -1.89. The lowest BCUT2D eigenvalue weighted by Crippen LogP contribution is -2.09. The summed E-state index contributed by atoms with van der Waals surface area (Å²) in [6, 6.07) is 5.72. The summed E-state index contributed by atoms with van der Waals surface area (Å²) in [5.74, 6) is -0.0163. The second-order valence-corrected chi connectivity index (χ2v) is 5.18. The van der Waals surface area contributed by atoms with Crippen LogP contribution in [0, 0.1) is 0 Å². The van der Waals surface area contributed by atoms with Gasteiger partial charge < -0.3 is 5.11 Å². The summed E-state index contributed by atoms with van der Waals surface area (Å²) in [5.41, 5.74) is 0.904. The van der Waals surface area contributed by atoms with E-state index in [4.69, 9.17) is 5.11 Å². The normalized spacial score (nSPS) is 10.7. The minimum absolute atomic E-state index is 0.0214. The van der Waals surface area contributed by atoms with Crippen molar-refractivity contribution in [2.24, 2.45) is 0 Å². The smallest absolute Gasteiger partial charge is 0.313 e. The third kappa shape index (κ3) is 3.80. The molecule has 0 atom stereocenters. The van der Waals surface area contributed by atoms with Crippen LogP contribution in [-0.2, 0) is 17.8 Å². The predicted molar refractivity (Wildman–Crippen MR) is 75.7 cm³/mol. The van der Waals surface area contributed by atoms with Crippen LogP contribution in [0.2, 0.25) is 0 Å². The van der Waals surface area contributed by atoms with E-state index >= 15 is 0 Å². The molecule has 0 saturated heterocycles. The molecule has 0 saturated carbocycles. The van der Waals surface area contributed by atoms with Gasteiger partial charge in [-0.05, 0) is 18.6 Å². The lowest BCUT2D eigenvalue weighted by atomic mass is 10.3. The molecule has 0 aliphatic heterocycles. The molecule has 0 aliphatic carbocycles. The minimum Gasteiger partial charge on any atom is -0.481 e. The molecule has 0 fully saturated rings. The zero-order valence-corrected chi connectivity index (χ0v) is 12.0. The number of thioether (sulfide) groups is 1. The van der Waals surface area contributed by atoms with Gasteiger partial charge in [-0.2, -0.15) is 0 Å². The molecule has 0 spiro atoms. The number of nitrogens with zero attached hydrogens (tertiary/aromatic N) is 4. The molecular formula is C13H16N4O2S. The molecule has 106 valence electrons. The fourth-order valence-electron chi connectivity index (χ4n) is 1.77. The van der Waals surface area contributed by atoms with Crippen LogP contribution < -0.4 is 0 Å². The van der Waals surface area contributed by atoms with Crippen molar-refractivity contribution in [3.63, 3.8) is 0 Å². The molecule has 2 rings (SSSR count). The van der Waals surface area contributed by atoms with Gasteiger partial charge in [-0.15, -0.1) is 10.2 Å². The van der Waals surface area contributed by atoms with Gasteiger partial charge in [-0.1, -0.05) is 24.8 Å². The van der Waals surface area contributed by atoms with Gasteiger partial charge in [0.1, 0.15) is 5.82 Å². The zero-order valence-electron chi connectivity index (χ0n) is 11.2. The van der Waals surface area contributed by atoms with Crippen LogP contribution in [0.3, 0.4) is 0 Å². The van der Waals surface area contributed by atoms with Crippen molar-refractivity contribution in [3.05, 3.63) is 35.9 Å². The SMILES string of the molecule is CCCc1nnc(SCC(=O)O)n1Cc1ccccn1. The fourth-order valence-corrected chi connectivity index (χ4v) is 2.45. The predicted octanol–water partition coefficient (Wildman–Crippen LogP) is 1.85. The van der Waals surface area contributed by atoms with E-state index in [-0.39, 0.29) is 5.75 Å². The summed E-state index contributed by atoms with van der Waals surface area (Å²) < 4.78 is 1.94. The Kier molecular flexibility index (Phi) is 5.11. The standard InChI is InChI=1S/C13H16N4O2S/c1-2-5-11-15-16-13(20-9-12(18)19)17(11)8-10-6-3-4-7-14-10/h3-4,6-7H,2,5,8-9H2,1H3,(H,18,19). The first kappa shape index (κ1) is 14.5. The molecule has 0 unspecified atom stereocenters. The maximum absolute atomic E-state index is 10.7. The summed E-state index contributed by atoms with van der Waals surface area (Å²) in [4.78, 5) is 15.0. The Bertz CT molecular complexity index is 571. The highest BCUT2D eigenvalue weighted by molar-refractivity contribution is 7.99. The summed E-state index contributed by atoms with van der Waals surface area (Å²) in [5, 5.41) is 17.6. The average molecular weight is 292 g/mol. The zero-order chi connectivity index (χ0) is 14.4. The molecule has 6 nitrogen and oxygen atoms in total. The number of hydrogen-bond acceptors (Lipinski definition) is 5. The summed E-state index contributed by atoms with van der Waals surface area (Å²) in [7, 11) is 0. The molecule has 20 heavy (non-hydrogen) atoms. The van der Waals surface area contributed by atoms with Gasteiger partial charge in [0.2, 0.25) is 0 Å². The summed E-state index contributed by atoms with van der Waals surface area (Å²) >= 11 is 1.18. The van der Waals surface area contributed by atoms with Crippen LogP contribution in [0.4, 0.5) is 0 Å². The third-order valence-electron chi connectivity index (χ3n) is 2.64. The number of aromatic nitrogens is 4. The summed E-state index contributed by atoms with van der Waals surface area (Å²) in [6.45, 7) is 2.63.